The minimum Gasteiger partial charge on any atom is -0.449 e. The van der Waals surface area contributed by atoms with E-state index in [0.717, 1.165) is 0 Å². The molecule has 0 bridgehead atoms. The number of carbonyl (C=O) groups is 1. The number of rotatable bonds is 5. The molecule has 1 N–H and O–H groups in total. The summed E-state index contributed by atoms with van der Waals surface area (Å²) in [4.78, 5) is 11.4. The first-order chi connectivity index (χ1) is 8.68. The van der Waals surface area contributed by atoms with Crippen LogP contribution in [-0.2, 0) is 9.47 Å². The number of amides is 1. The van der Waals surface area contributed by atoms with Crippen LogP contribution in [0.5, 0.6) is 0 Å². The van der Waals surface area contributed by atoms with E-state index < -0.39 is 44.7 Å². The Labute approximate surface area is 103 Å². The summed E-state index contributed by atoms with van der Waals surface area (Å²) in [7, 11) is -2.83. The molecule has 8 heteroatoms. The molecule has 0 saturated heterocycles. The zero-order valence-corrected chi connectivity index (χ0v) is 9.93. The average Bonchev–Trinajstić information content (AvgIpc) is 2.06. The van der Waals surface area contributed by atoms with Gasteiger partial charge in [0.2, 0.25) is 0 Å². The molecular weight excluding hydrogens is 238 g/mol. The molecule has 0 aliphatic rings. The summed E-state index contributed by atoms with van der Waals surface area (Å²) < 4.78 is 66.6. The number of halogens is 3. The van der Waals surface area contributed by atoms with E-state index >= 15 is 0 Å². The lowest BCUT2D eigenvalue weighted by Gasteiger charge is -2.26. The summed E-state index contributed by atoms with van der Waals surface area (Å²) in [6, 6.07) is -1.51. The summed E-state index contributed by atoms with van der Waals surface area (Å²) in [5, 5.41) is 1.96. The lowest BCUT2D eigenvalue weighted by molar-refractivity contribution is 0.0475. The molecule has 0 aromatic heterocycles. The van der Waals surface area contributed by atoms with Gasteiger partial charge in [-0.15, -0.1) is 0 Å². The van der Waals surface area contributed by atoms with Crippen LogP contribution in [0.25, 0.3) is 0 Å². The highest BCUT2D eigenvalue weighted by Gasteiger charge is 2.29. The summed E-state index contributed by atoms with van der Waals surface area (Å²) in [5.41, 5.74) is -0.872. The predicted octanol–water partition coefficient (Wildman–Crippen LogP) is 2.37. The summed E-state index contributed by atoms with van der Waals surface area (Å²) in [6.45, 7) is -1.33. The van der Waals surface area contributed by atoms with Gasteiger partial charge in [-0.2, -0.15) is 0 Å². The minimum atomic E-state index is -5.20. The molecule has 0 aromatic carbocycles. The first-order valence-electron chi connectivity index (χ1n) is 6.52. The second kappa shape index (κ2) is 6.14. The monoisotopic (exact) mass is 259 g/mol. The van der Waals surface area contributed by atoms with Crippen molar-refractivity contribution in [3.05, 3.63) is 0 Å². The maximum absolute atomic E-state index is 12.4. The zero-order valence-electron chi connectivity index (χ0n) is 12.9. The molecule has 4 nitrogen and oxygen atoms in total. The van der Waals surface area contributed by atoms with Crippen LogP contribution < -0.4 is 5.32 Å². The molecule has 0 fully saturated rings. The van der Waals surface area contributed by atoms with Crippen LogP contribution in [0.15, 0.2) is 0 Å². The van der Waals surface area contributed by atoms with Crippen LogP contribution in [0.4, 0.5) is 17.7 Å². The Kier molecular flexibility index (Phi) is 4.04. The Morgan fingerprint density at radius 2 is 2.06 bits per heavy atom. The SMILES string of the molecule is [2H]C([2H])([2H])OC[C@@H](C[B-](F)(F)F)NC(=O)OC(C)(C)C. The van der Waals surface area contributed by atoms with E-state index in [1.165, 1.54) is 0 Å². The second-order valence-electron chi connectivity index (χ2n) is 4.60. The van der Waals surface area contributed by atoms with Gasteiger partial charge >= 0.3 is 13.1 Å². The molecule has 0 aromatic rings. The molecule has 0 unspecified atom stereocenters. The van der Waals surface area contributed by atoms with Crippen LogP contribution in [0.1, 0.15) is 24.9 Å². The fourth-order valence-corrected chi connectivity index (χ4v) is 1.07. The summed E-state index contributed by atoms with van der Waals surface area (Å²) >= 11 is 0. The maximum atomic E-state index is 12.4. The van der Waals surface area contributed by atoms with E-state index in [1.54, 1.807) is 20.8 Å². The minimum absolute atomic E-state index is 0.781. The van der Waals surface area contributed by atoms with Crippen molar-refractivity contribution in [1.82, 2.24) is 5.32 Å². The number of methoxy groups -OCH3 is 1. The third kappa shape index (κ3) is 9.98. The maximum Gasteiger partial charge on any atom is 0.480 e. The van der Waals surface area contributed by atoms with Crippen LogP contribution in [0.3, 0.4) is 0 Å². The molecule has 0 radical (unpaired) electrons. The molecule has 1 atom stereocenters. The lowest BCUT2D eigenvalue weighted by Crippen LogP contribution is -2.44. The third-order valence-corrected chi connectivity index (χ3v) is 1.56. The molecule has 0 aliphatic carbocycles. The molecule has 0 heterocycles. The third-order valence-electron chi connectivity index (χ3n) is 1.56. The first-order valence-corrected chi connectivity index (χ1v) is 5.02. The number of hydrogen-bond donors (Lipinski definition) is 1. The molecular formula is C9H18BF3NO3-. The van der Waals surface area contributed by atoms with Crippen molar-refractivity contribution in [1.29, 1.82) is 0 Å². The van der Waals surface area contributed by atoms with Gasteiger partial charge in [0.1, 0.15) is 5.60 Å². The van der Waals surface area contributed by atoms with Gasteiger partial charge in [0, 0.05) is 13.1 Å². The predicted molar refractivity (Wildman–Crippen MR) is 58.9 cm³/mol. The Morgan fingerprint density at radius 1 is 1.47 bits per heavy atom. The van der Waals surface area contributed by atoms with Gasteiger partial charge in [0.15, 0.2) is 0 Å². The van der Waals surface area contributed by atoms with Gasteiger partial charge in [-0.3, -0.25) is 0 Å². The van der Waals surface area contributed by atoms with Crippen LogP contribution >= 0.6 is 0 Å². The first kappa shape index (κ1) is 11.2. The van der Waals surface area contributed by atoms with E-state index in [9.17, 15) is 17.7 Å². The topological polar surface area (TPSA) is 47.6 Å². The van der Waals surface area contributed by atoms with E-state index in [1.807, 2.05) is 5.32 Å². The Hall–Kier alpha value is -0.915. The second-order valence-corrected chi connectivity index (χ2v) is 4.60. The molecule has 0 rings (SSSR count). The number of alkyl carbamates (subject to hydrolysis) is 1. The van der Waals surface area contributed by atoms with Gasteiger partial charge in [-0.25, -0.2) is 4.79 Å². The normalized spacial score (nSPS) is 17.6. The van der Waals surface area contributed by atoms with Gasteiger partial charge in [0.05, 0.1) is 10.7 Å². The highest BCUT2D eigenvalue weighted by Crippen LogP contribution is 2.17. The fraction of sp³-hybridized carbons (Fsp3) is 0.889. The van der Waals surface area contributed by atoms with Crippen molar-refractivity contribution < 1.29 is 31.3 Å². The Bertz CT molecular complexity index is 331. The highest BCUT2D eigenvalue weighted by atomic mass is 19.4. The molecule has 0 aliphatic heterocycles. The van der Waals surface area contributed by atoms with Gasteiger partial charge in [-0.1, -0.05) is 6.32 Å². The largest absolute Gasteiger partial charge is 0.480 e. The fourth-order valence-electron chi connectivity index (χ4n) is 1.07. The molecule has 1 amide bonds. The quantitative estimate of drug-likeness (QED) is 0.771. The van der Waals surface area contributed by atoms with Crippen LogP contribution in [0.2, 0.25) is 6.32 Å². The Balaban J connectivity index is 4.57. The Morgan fingerprint density at radius 3 is 2.47 bits per heavy atom. The van der Waals surface area contributed by atoms with Crippen molar-refractivity contribution in [2.45, 2.75) is 38.7 Å². The van der Waals surface area contributed by atoms with Gasteiger partial charge < -0.3 is 27.7 Å². The summed E-state index contributed by atoms with van der Waals surface area (Å²) in [5.74, 6) is 0. The van der Waals surface area contributed by atoms with E-state index in [0.29, 0.717) is 0 Å². The number of carbonyl (C=O) groups excluding carboxylic acids is 1. The highest BCUT2D eigenvalue weighted by molar-refractivity contribution is 6.58. The van der Waals surface area contributed by atoms with Gasteiger partial charge in [-0.05, 0) is 20.8 Å². The van der Waals surface area contributed by atoms with E-state index in [2.05, 4.69) is 4.74 Å². The van der Waals surface area contributed by atoms with E-state index in [-0.39, 0.29) is 0 Å². The molecule has 0 saturated carbocycles. The van der Waals surface area contributed by atoms with Crippen LogP contribution in [-0.4, -0.2) is 38.4 Å². The number of hydrogen-bond acceptors (Lipinski definition) is 3. The van der Waals surface area contributed by atoms with Crippen molar-refractivity contribution in [3.63, 3.8) is 0 Å². The molecule has 102 valence electrons. The smallest absolute Gasteiger partial charge is 0.449 e. The molecule has 17 heavy (non-hydrogen) atoms. The number of ether oxygens (including phenoxy) is 2. The van der Waals surface area contributed by atoms with Crippen molar-refractivity contribution in [2.24, 2.45) is 0 Å². The lowest BCUT2D eigenvalue weighted by atomic mass is 9.82. The van der Waals surface area contributed by atoms with Crippen molar-refractivity contribution in [2.75, 3.05) is 13.6 Å². The van der Waals surface area contributed by atoms with E-state index in [4.69, 9.17) is 8.85 Å². The standard InChI is InChI=1S/C9H18BF3NO3/c1-9(2,3)17-8(15)14-7(6-16-4)5-10(11,12)13/h7H,5-6H2,1-4H3,(H,14,15)/q-1/t7-/m1/s1/i4D3. The molecule has 0 spiro atoms. The van der Waals surface area contributed by atoms with Crippen molar-refractivity contribution >= 4 is 13.1 Å². The van der Waals surface area contributed by atoms with Gasteiger partial charge in [0.25, 0.3) is 0 Å². The zero-order chi connectivity index (χ0) is 16.2. The average molecular weight is 259 g/mol. The van der Waals surface area contributed by atoms with Crippen molar-refractivity contribution in [3.8, 4) is 0 Å². The van der Waals surface area contributed by atoms with Crippen LogP contribution in [0, 0.1) is 0 Å². The summed E-state index contributed by atoms with van der Waals surface area (Å²) in [6.07, 6.45) is -2.41. The number of nitrogens with one attached hydrogen (secondary N) is 1.